The number of halogens is 1. The van der Waals surface area contributed by atoms with Gasteiger partial charge in [-0.2, -0.15) is 0 Å². The Balaban J connectivity index is 1.99. The van der Waals surface area contributed by atoms with Crippen LogP contribution in [0.15, 0.2) is 48.5 Å². The van der Waals surface area contributed by atoms with Crippen LogP contribution in [0, 0.1) is 0 Å². The van der Waals surface area contributed by atoms with Crippen LogP contribution >= 0.6 is 11.6 Å². The summed E-state index contributed by atoms with van der Waals surface area (Å²) in [4.78, 5) is 4.67. The second-order valence-corrected chi connectivity index (χ2v) is 5.02. The van der Waals surface area contributed by atoms with Crippen molar-refractivity contribution < 1.29 is 0 Å². The van der Waals surface area contributed by atoms with Crippen LogP contribution in [0.1, 0.15) is 18.3 Å². The summed E-state index contributed by atoms with van der Waals surface area (Å²) in [5.41, 5.74) is 3.32. The number of aryl methyl sites for hydroxylation is 1. The van der Waals surface area contributed by atoms with Crippen molar-refractivity contribution in [3.8, 4) is 0 Å². The molecule has 0 amide bonds. The van der Waals surface area contributed by atoms with Crippen LogP contribution in [0.25, 0.3) is 23.2 Å². The molecule has 0 aliphatic heterocycles. The third-order valence-corrected chi connectivity index (χ3v) is 3.55. The predicted octanol–water partition coefficient (Wildman–Crippen LogP) is 4.88. The van der Waals surface area contributed by atoms with Crippen LogP contribution in [0.3, 0.4) is 0 Å². The topological polar surface area (TPSA) is 17.8 Å². The number of benzene rings is 2. The molecule has 0 unspecified atom stereocenters. The van der Waals surface area contributed by atoms with Crippen LogP contribution in [0.2, 0.25) is 5.02 Å². The van der Waals surface area contributed by atoms with Gasteiger partial charge < -0.3 is 4.57 Å². The van der Waals surface area contributed by atoms with Crippen LogP contribution in [0.5, 0.6) is 0 Å². The fourth-order valence-electron chi connectivity index (χ4n) is 2.30. The van der Waals surface area contributed by atoms with Crippen molar-refractivity contribution in [2.24, 2.45) is 0 Å². The van der Waals surface area contributed by atoms with E-state index in [1.54, 1.807) is 0 Å². The van der Waals surface area contributed by atoms with Gasteiger partial charge in [0.05, 0.1) is 11.0 Å². The van der Waals surface area contributed by atoms with E-state index in [-0.39, 0.29) is 0 Å². The Kier molecular flexibility index (Phi) is 3.57. The van der Waals surface area contributed by atoms with Gasteiger partial charge in [0.25, 0.3) is 0 Å². The second kappa shape index (κ2) is 5.51. The van der Waals surface area contributed by atoms with E-state index in [4.69, 9.17) is 11.6 Å². The Morgan fingerprint density at radius 3 is 2.55 bits per heavy atom. The molecule has 3 rings (SSSR count). The Morgan fingerprint density at radius 2 is 1.80 bits per heavy atom. The number of hydrogen-bond acceptors (Lipinski definition) is 1. The molecule has 1 aromatic heterocycles. The first-order chi connectivity index (χ1) is 9.78. The Hall–Kier alpha value is -2.06. The van der Waals surface area contributed by atoms with Gasteiger partial charge in [0, 0.05) is 11.6 Å². The third kappa shape index (κ3) is 2.47. The average Bonchev–Trinajstić information content (AvgIpc) is 2.84. The molecule has 0 fully saturated rings. The quantitative estimate of drug-likeness (QED) is 0.669. The summed E-state index contributed by atoms with van der Waals surface area (Å²) in [6.45, 7) is 3.04. The van der Waals surface area contributed by atoms with E-state index in [1.165, 1.54) is 5.52 Å². The summed E-state index contributed by atoms with van der Waals surface area (Å²) in [6, 6.07) is 16.0. The van der Waals surface area contributed by atoms with E-state index in [9.17, 15) is 0 Å². The summed E-state index contributed by atoms with van der Waals surface area (Å²) >= 11 is 5.89. The minimum Gasteiger partial charge on any atom is -0.325 e. The molecule has 0 aliphatic carbocycles. The van der Waals surface area contributed by atoms with E-state index < -0.39 is 0 Å². The van der Waals surface area contributed by atoms with E-state index >= 15 is 0 Å². The van der Waals surface area contributed by atoms with Gasteiger partial charge in [-0.15, -0.1) is 0 Å². The van der Waals surface area contributed by atoms with Gasteiger partial charge in [-0.1, -0.05) is 41.9 Å². The Labute approximate surface area is 123 Å². The van der Waals surface area contributed by atoms with Gasteiger partial charge in [-0.3, -0.25) is 0 Å². The summed E-state index contributed by atoms with van der Waals surface area (Å²) in [5.74, 6) is 0.976. The second-order valence-electron chi connectivity index (χ2n) is 4.59. The molecule has 2 nitrogen and oxygen atoms in total. The average molecular weight is 283 g/mol. The monoisotopic (exact) mass is 282 g/mol. The lowest BCUT2D eigenvalue weighted by molar-refractivity contribution is 0.777. The van der Waals surface area contributed by atoms with Gasteiger partial charge >= 0.3 is 0 Å². The summed E-state index contributed by atoms with van der Waals surface area (Å²) < 4.78 is 2.21. The standard InChI is InChI=1S/C17H15ClN2/c1-2-20-16-6-4-3-5-15(16)19-17(20)12-9-13-7-10-14(18)11-8-13/h3-12H,2H2,1H3. The Bertz CT molecular complexity index is 754. The van der Waals surface area contributed by atoms with Crippen molar-refractivity contribution in [2.75, 3.05) is 0 Å². The van der Waals surface area contributed by atoms with Crippen molar-refractivity contribution in [3.05, 3.63) is 64.9 Å². The molecule has 3 aromatic rings. The lowest BCUT2D eigenvalue weighted by Gasteiger charge is -2.02. The first-order valence-corrected chi connectivity index (χ1v) is 7.04. The number of rotatable bonds is 3. The molecular weight excluding hydrogens is 268 g/mol. The normalized spacial score (nSPS) is 11.5. The van der Waals surface area contributed by atoms with Crippen LogP contribution < -0.4 is 0 Å². The van der Waals surface area contributed by atoms with Crippen LogP contribution in [0.4, 0.5) is 0 Å². The zero-order valence-corrected chi connectivity index (χ0v) is 12.0. The summed E-state index contributed by atoms with van der Waals surface area (Å²) in [5, 5.41) is 0.753. The number of para-hydroxylation sites is 2. The molecule has 20 heavy (non-hydrogen) atoms. The van der Waals surface area contributed by atoms with Gasteiger partial charge in [-0.05, 0) is 42.8 Å². The molecule has 2 aromatic carbocycles. The molecule has 0 saturated heterocycles. The zero-order valence-electron chi connectivity index (χ0n) is 11.3. The fourth-order valence-corrected chi connectivity index (χ4v) is 2.42. The molecule has 0 aliphatic rings. The highest BCUT2D eigenvalue weighted by Crippen LogP contribution is 2.18. The molecule has 0 N–H and O–H groups in total. The van der Waals surface area contributed by atoms with Crippen molar-refractivity contribution in [3.63, 3.8) is 0 Å². The number of imidazole rings is 1. The third-order valence-electron chi connectivity index (χ3n) is 3.30. The minimum absolute atomic E-state index is 0.753. The molecule has 0 spiro atoms. The summed E-state index contributed by atoms with van der Waals surface area (Å²) in [6.07, 6.45) is 4.11. The lowest BCUT2D eigenvalue weighted by Crippen LogP contribution is -1.96. The van der Waals surface area contributed by atoms with Gasteiger partial charge in [0.2, 0.25) is 0 Å². The van der Waals surface area contributed by atoms with Crippen molar-refractivity contribution in [1.29, 1.82) is 0 Å². The maximum atomic E-state index is 5.89. The number of nitrogens with zero attached hydrogens (tertiary/aromatic N) is 2. The fraction of sp³-hybridized carbons (Fsp3) is 0.118. The maximum Gasteiger partial charge on any atom is 0.133 e. The van der Waals surface area contributed by atoms with Gasteiger partial charge in [-0.25, -0.2) is 4.98 Å². The molecule has 0 atom stereocenters. The van der Waals surface area contributed by atoms with Crippen molar-refractivity contribution >= 4 is 34.8 Å². The van der Waals surface area contributed by atoms with E-state index in [1.807, 2.05) is 48.5 Å². The molecule has 1 heterocycles. The smallest absolute Gasteiger partial charge is 0.133 e. The molecule has 0 saturated carbocycles. The first-order valence-electron chi connectivity index (χ1n) is 6.67. The summed E-state index contributed by atoms with van der Waals surface area (Å²) in [7, 11) is 0. The maximum absolute atomic E-state index is 5.89. The molecular formula is C17H15ClN2. The van der Waals surface area contributed by atoms with Gasteiger partial charge in [0.15, 0.2) is 0 Å². The SMILES string of the molecule is CCn1c(C=Cc2ccc(Cl)cc2)nc2ccccc21. The van der Waals surface area contributed by atoms with E-state index in [0.29, 0.717) is 0 Å². The number of aromatic nitrogens is 2. The van der Waals surface area contributed by atoms with Crippen LogP contribution in [-0.2, 0) is 6.54 Å². The number of fused-ring (bicyclic) bond motifs is 1. The highest BCUT2D eigenvalue weighted by atomic mass is 35.5. The van der Waals surface area contributed by atoms with E-state index in [0.717, 1.165) is 28.5 Å². The molecule has 3 heteroatoms. The zero-order chi connectivity index (χ0) is 13.9. The molecule has 0 bridgehead atoms. The van der Waals surface area contributed by atoms with Crippen LogP contribution in [-0.4, -0.2) is 9.55 Å². The van der Waals surface area contributed by atoms with Crippen molar-refractivity contribution in [1.82, 2.24) is 9.55 Å². The predicted molar refractivity (Wildman–Crippen MR) is 85.8 cm³/mol. The lowest BCUT2D eigenvalue weighted by atomic mass is 10.2. The highest BCUT2D eigenvalue weighted by molar-refractivity contribution is 6.30. The largest absolute Gasteiger partial charge is 0.325 e. The van der Waals surface area contributed by atoms with E-state index in [2.05, 4.69) is 28.6 Å². The van der Waals surface area contributed by atoms with Crippen molar-refractivity contribution in [2.45, 2.75) is 13.5 Å². The Morgan fingerprint density at radius 1 is 1.05 bits per heavy atom. The highest BCUT2D eigenvalue weighted by Gasteiger charge is 2.05. The number of hydrogen-bond donors (Lipinski definition) is 0. The first kappa shape index (κ1) is 12.9. The molecule has 0 radical (unpaired) electrons. The minimum atomic E-state index is 0.753. The van der Waals surface area contributed by atoms with Gasteiger partial charge in [0.1, 0.15) is 5.82 Å². The molecule has 100 valence electrons.